The van der Waals surface area contributed by atoms with Crippen LogP contribution in [-0.4, -0.2) is 29.0 Å². The Morgan fingerprint density at radius 1 is 1.00 bits per heavy atom. The van der Waals surface area contributed by atoms with E-state index < -0.39 is 0 Å². The average molecular weight is 321 g/mol. The first-order valence-electron chi connectivity index (χ1n) is 8.34. The van der Waals surface area contributed by atoms with E-state index in [0.717, 1.165) is 31.5 Å². The Morgan fingerprint density at radius 2 is 1.75 bits per heavy atom. The molecule has 24 heavy (non-hydrogen) atoms. The zero-order chi connectivity index (χ0) is 16.5. The number of carbonyl (C=O) groups excluding carboxylic acids is 1. The Kier molecular flexibility index (Phi) is 3.73. The molecule has 0 saturated carbocycles. The summed E-state index contributed by atoms with van der Waals surface area (Å²) >= 11 is 0. The number of furan rings is 1. The first-order valence-corrected chi connectivity index (χ1v) is 8.34. The van der Waals surface area contributed by atoms with E-state index in [2.05, 4.69) is 0 Å². The van der Waals surface area contributed by atoms with Crippen LogP contribution in [-0.2, 0) is 0 Å². The zero-order valence-electron chi connectivity index (χ0n) is 13.4. The zero-order valence-corrected chi connectivity index (χ0v) is 13.4. The van der Waals surface area contributed by atoms with Crippen molar-refractivity contribution in [2.75, 3.05) is 13.1 Å². The van der Waals surface area contributed by atoms with E-state index >= 15 is 0 Å². The predicted octanol–water partition coefficient (Wildman–Crippen LogP) is 4.43. The number of nitrogens with zero attached hydrogens (tertiary/aromatic N) is 1. The second-order valence-corrected chi connectivity index (χ2v) is 6.21. The minimum atomic E-state index is -0.0158. The molecule has 0 bridgehead atoms. The third-order valence-corrected chi connectivity index (χ3v) is 4.56. The normalized spacial score (nSPS) is 14.9. The van der Waals surface area contributed by atoms with Crippen molar-refractivity contribution in [3.63, 3.8) is 0 Å². The van der Waals surface area contributed by atoms with Crippen LogP contribution in [0.1, 0.15) is 29.6 Å². The molecule has 0 aliphatic carbocycles. The average Bonchev–Trinajstić information content (AvgIpc) is 3.01. The van der Waals surface area contributed by atoms with Crippen molar-refractivity contribution < 1.29 is 14.3 Å². The Morgan fingerprint density at radius 3 is 2.50 bits per heavy atom. The summed E-state index contributed by atoms with van der Waals surface area (Å²) in [6, 6.07) is 14.6. The molecule has 3 aromatic rings. The van der Waals surface area contributed by atoms with Gasteiger partial charge in [-0.2, -0.15) is 0 Å². The van der Waals surface area contributed by atoms with Gasteiger partial charge in [0.1, 0.15) is 17.1 Å². The SMILES string of the molecule is O=C(c1c(-c2ccccc2)oc2ccc(O)cc12)N1CCCCC1. The first kappa shape index (κ1) is 14.8. The van der Waals surface area contributed by atoms with Crippen LogP contribution in [0.5, 0.6) is 5.75 Å². The number of rotatable bonds is 2. The lowest BCUT2D eigenvalue weighted by atomic mass is 10.0. The second kappa shape index (κ2) is 6.04. The fourth-order valence-corrected chi connectivity index (χ4v) is 3.35. The van der Waals surface area contributed by atoms with Crippen molar-refractivity contribution in [3.8, 4) is 17.1 Å². The number of fused-ring (bicyclic) bond motifs is 1. The second-order valence-electron chi connectivity index (χ2n) is 6.21. The van der Waals surface area contributed by atoms with Crippen molar-refractivity contribution in [3.05, 3.63) is 54.1 Å². The van der Waals surface area contributed by atoms with E-state index in [4.69, 9.17) is 4.42 Å². The largest absolute Gasteiger partial charge is 0.508 e. The molecule has 4 nitrogen and oxygen atoms in total. The summed E-state index contributed by atoms with van der Waals surface area (Å²) in [6.07, 6.45) is 3.24. The number of aromatic hydroxyl groups is 1. The molecule has 0 spiro atoms. The van der Waals surface area contributed by atoms with Gasteiger partial charge in [0.15, 0.2) is 0 Å². The number of hydrogen-bond acceptors (Lipinski definition) is 3. The Balaban J connectivity index is 1.90. The van der Waals surface area contributed by atoms with Crippen molar-refractivity contribution >= 4 is 16.9 Å². The van der Waals surface area contributed by atoms with E-state index in [1.807, 2.05) is 35.2 Å². The van der Waals surface area contributed by atoms with Gasteiger partial charge in [0, 0.05) is 24.0 Å². The van der Waals surface area contributed by atoms with E-state index in [1.54, 1.807) is 18.2 Å². The monoisotopic (exact) mass is 321 g/mol. The van der Waals surface area contributed by atoms with Gasteiger partial charge in [0.2, 0.25) is 0 Å². The summed E-state index contributed by atoms with van der Waals surface area (Å²) in [7, 11) is 0. The molecular formula is C20H19NO3. The molecule has 0 atom stereocenters. The minimum absolute atomic E-state index is 0.0158. The van der Waals surface area contributed by atoms with Gasteiger partial charge < -0.3 is 14.4 Å². The van der Waals surface area contributed by atoms with Gasteiger partial charge in [-0.1, -0.05) is 30.3 Å². The number of benzene rings is 2. The molecular weight excluding hydrogens is 302 g/mol. The summed E-state index contributed by atoms with van der Waals surface area (Å²) in [5.41, 5.74) is 2.04. The van der Waals surface area contributed by atoms with Crippen molar-refractivity contribution in [1.82, 2.24) is 4.90 Å². The number of phenols is 1. The van der Waals surface area contributed by atoms with Crippen LogP contribution in [0.3, 0.4) is 0 Å². The molecule has 122 valence electrons. The molecule has 1 aliphatic heterocycles. The summed E-state index contributed by atoms with van der Waals surface area (Å²) in [6.45, 7) is 1.55. The predicted molar refractivity (Wildman–Crippen MR) is 93.1 cm³/mol. The lowest BCUT2D eigenvalue weighted by Crippen LogP contribution is -2.35. The smallest absolute Gasteiger partial charge is 0.258 e. The molecule has 1 aliphatic rings. The summed E-state index contributed by atoms with van der Waals surface area (Å²) in [4.78, 5) is 15.1. The van der Waals surface area contributed by atoms with Gasteiger partial charge in [0.25, 0.3) is 5.91 Å². The van der Waals surface area contributed by atoms with E-state index in [-0.39, 0.29) is 11.7 Å². The molecule has 1 saturated heterocycles. The molecule has 1 aromatic heterocycles. The summed E-state index contributed by atoms with van der Waals surface area (Å²) < 4.78 is 5.99. The molecule has 0 unspecified atom stereocenters. The highest BCUT2D eigenvalue weighted by atomic mass is 16.3. The van der Waals surface area contributed by atoms with Gasteiger partial charge in [0.05, 0.1) is 5.56 Å². The highest BCUT2D eigenvalue weighted by Crippen LogP contribution is 2.36. The lowest BCUT2D eigenvalue weighted by Gasteiger charge is -2.26. The van der Waals surface area contributed by atoms with Crippen LogP contribution in [0.2, 0.25) is 0 Å². The molecule has 0 radical (unpaired) electrons. The maximum absolute atomic E-state index is 13.2. The third-order valence-electron chi connectivity index (χ3n) is 4.56. The molecule has 2 heterocycles. The standard InChI is InChI=1S/C20H19NO3/c22-15-9-10-17-16(13-15)18(20(23)21-11-5-2-6-12-21)19(24-17)14-7-3-1-4-8-14/h1,3-4,7-10,13,22H,2,5-6,11-12H2. The van der Waals surface area contributed by atoms with Gasteiger partial charge in [-0.3, -0.25) is 4.79 Å². The number of hydrogen-bond donors (Lipinski definition) is 1. The summed E-state index contributed by atoms with van der Waals surface area (Å²) in [5.74, 6) is 0.695. The van der Waals surface area contributed by atoms with Crippen LogP contribution < -0.4 is 0 Å². The van der Waals surface area contributed by atoms with E-state index in [9.17, 15) is 9.90 Å². The summed E-state index contributed by atoms with van der Waals surface area (Å²) in [5, 5.41) is 10.5. The molecule has 4 heteroatoms. The number of amides is 1. The fraction of sp³-hybridized carbons (Fsp3) is 0.250. The van der Waals surface area contributed by atoms with Crippen molar-refractivity contribution in [2.45, 2.75) is 19.3 Å². The van der Waals surface area contributed by atoms with Crippen LogP contribution in [0.25, 0.3) is 22.3 Å². The molecule has 1 amide bonds. The lowest BCUT2D eigenvalue weighted by molar-refractivity contribution is 0.0726. The van der Waals surface area contributed by atoms with Crippen LogP contribution >= 0.6 is 0 Å². The first-order chi connectivity index (χ1) is 11.7. The van der Waals surface area contributed by atoms with Gasteiger partial charge in [-0.05, 0) is 37.5 Å². The van der Waals surface area contributed by atoms with E-state index in [0.29, 0.717) is 22.3 Å². The fourth-order valence-electron chi connectivity index (χ4n) is 3.35. The highest BCUT2D eigenvalue weighted by Gasteiger charge is 2.27. The topological polar surface area (TPSA) is 53.7 Å². The highest BCUT2D eigenvalue weighted by molar-refractivity contribution is 6.11. The third kappa shape index (κ3) is 2.54. The number of likely N-dealkylation sites (tertiary alicyclic amines) is 1. The van der Waals surface area contributed by atoms with Crippen LogP contribution in [0.4, 0.5) is 0 Å². The van der Waals surface area contributed by atoms with Crippen molar-refractivity contribution in [2.24, 2.45) is 0 Å². The number of carbonyl (C=O) groups is 1. The number of piperidine rings is 1. The van der Waals surface area contributed by atoms with Gasteiger partial charge in [-0.25, -0.2) is 0 Å². The number of phenolic OH excluding ortho intramolecular Hbond substituents is 1. The molecule has 1 fully saturated rings. The Labute approximate surface area is 140 Å². The minimum Gasteiger partial charge on any atom is -0.508 e. The molecule has 4 rings (SSSR count). The van der Waals surface area contributed by atoms with E-state index in [1.165, 1.54) is 6.42 Å². The maximum atomic E-state index is 13.2. The van der Waals surface area contributed by atoms with Gasteiger partial charge >= 0.3 is 0 Å². The Bertz CT molecular complexity index is 877. The Hall–Kier alpha value is -2.75. The quantitative estimate of drug-likeness (QED) is 0.759. The van der Waals surface area contributed by atoms with Crippen LogP contribution in [0, 0.1) is 0 Å². The van der Waals surface area contributed by atoms with Gasteiger partial charge in [-0.15, -0.1) is 0 Å². The molecule has 2 aromatic carbocycles. The van der Waals surface area contributed by atoms with Crippen molar-refractivity contribution in [1.29, 1.82) is 0 Å². The maximum Gasteiger partial charge on any atom is 0.258 e. The van der Waals surface area contributed by atoms with Crippen LogP contribution in [0.15, 0.2) is 52.9 Å². The molecule has 1 N–H and O–H groups in total.